The van der Waals surface area contributed by atoms with E-state index >= 15 is 0 Å². The highest BCUT2D eigenvalue weighted by Crippen LogP contribution is 2.51. The number of rotatable bonds is 2. The van der Waals surface area contributed by atoms with E-state index in [0.29, 0.717) is 5.56 Å². The zero-order chi connectivity index (χ0) is 24.3. The molecule has 4 nitrogen and oxygen atoms in total. The zero-order valence-corrected chi connectivity index (χ0v) is 20.9. The zero-order valence-electron chi connectivity index (χ0n) is 20.9. The number of nitrogens with zero attached hydrogens (tertiary/aromatic N) is 2. The van der Waals surface area contributed by atoms with Gasteiger partial charge in [-0.25, -0.2) is 9.79 Å². The summed E-state index contributed by atoms with van der Waals surface area (Å²) in [6, 6.07) is 20.6. The molecule has 5 rings (SSSR count). The van der Waals surface area contributed by atoms with Crippen molar-refractivity contribution in [3.05, 3.63) is 88.5 Å². The standard InChI is InChI=1S/C30H32N2O2/c1-29(2)15-16-30(3,4)23-18-26-24(17-22(23)29)31-27(21-9-7-8-10-25(21)32(26)5)19-11-13-20(14-12-19)28(33)34-6/h7-14,17-18H,15-16H2,1-6H3. The number of ether oxygens (including phenoxy) is 1. The molecule has 34 heavy (non-hydrogen) atoms. The molecule has 174 valence electrons. The van der Waals surface area contributed by atoms with E-state index in [-0.39, 0.29) is 16.8 Å². The number of methoxy groups -OCH3 is 1. The smallest absolute Gasteiger partial charge is 0.337 e. The molecule has 1 heterocycles. The van der Waals surface area contributed by atoms with Crippen LogP contribution in [0.25, 0.3) is 0 Å². The predicted molar refractivity (Wildman–Crippen MR) is 139 cm³/mol. The Balaban J connectivity index is 1.75. The van der Waals surface area contributed by atoms with Gasteiger partial charge in [0.2, 0.25) is 0 Å². The summed E-state index contributed by atoms with van der Waals surface area (Å²) in [6.07, 6.45) is 2.33. The van der Waals surface area contributed by atoms with E-state index < -0.39 is 0 Å². The Morgan fingerprint density at radius 3 is 2.15 bits per heavy atom. The SMILES string of the molecule is COC(=O)c1ccc(C2=Nc3cc4c(cc3N(C)c3ccccc32)C(C)(C)CCC4(C)C)cc1. The molecule has 0 fully saturated rings. The van der Waals surface area contributed by atoms with Crippen LogP contribution in [0.4, 0.5) is 17.1 Å². The van der Waals surface area contributed by atoms with Crippen molar-refractivity contribution in [2.75, 3.05) is 19.1 Å². The van der Waals surface area contributed by atoms with Gasteiger partial charge in [0.25, 0.3) is 0 Å². The van der Waals surface area contributed by atoms with Crippen molar-refractivity contribution in [2.45, 2.75) is 51.4 Å². The summed E-state index contributed by atoms with van der Waals surface area (Å²) in [7, 11) is 3.53. The Labute approximate surface area is 202 Å². The van der Waals surface area contributed by atoms with Gasteiger partial charge in [0, 0.05) is 18.2 Å². The molecule has 4 heteroatoms. The third-order valence-electron chi connectivity index (χ3n) is 7.64. The second kappa shape index (κ2) is 7.83. The highest BCUT2D eigenvalue weighted by molar-refractivity contribution is 6.19. The quantitative estimate of drug-likeness (QED) is 0.390. The number of anilines is 2. The van der Waals surface area contributed by atoms with Crippen molar-refractivity contribution < 1.29 is 9.53 Å². The number of carbonyl (C=O) groups excluding carboxylic acids is 1. The van der Waals surface area contributed by atoms with Crippen LogP contribution in [0.5, 0.6) is 0 Å². The maximum atomic E-state index is 12.0. The van der Waals surface area contributed by atoms with E-state index in [4.69, 9.17) is 9.73 Å². The van der Waals surface area contributed by atoms with E-state index in [1.807, 2.05) is 12.1 Å². The number of benzene rings is 3. The average molecular weight is 453 g/mol. The average Bonchev–Trinajstić information content (AvgIpc) is 2.96. The van der Waals surface area contributed by atoms with Gasteiger partial charge in [0.1, 0.15) is 0 Å². The summed E-state index contributed by atoms with van der Waals surface area (Å²) in [5.41, 5.74) is 9.76. The summed E-state index contributed by atoms with van der Waals surface area (Å²) >= 11 is 0. The largest absolute Gasteiger partial charge is 0.465 e. The molecule has 0 saturated heterocycles. The van der Waals surface area contributed by atoms with Gasteiger partial charge in [-0.1, -0.05) is 58.0 Å². The molecule has 0 saturated carbocycles. The second-order valence-electron chi connectivity index (χ2n) is 10.8. The van der Waals surface area contributed by atoms with Gasteiger partial charge >= 0.3 is 5.97 Å². The van der Waals surface area contributed by atoms with Gasteiger partial charge in [0.15, 0.2) is 0 Å². The van der Waals surface area contributed by atoms with Gasteiger partial charge in [-0.2, -0.15) is 0 Å². The van der Waals surface area contributed by atoms with Crippen LogP contribution in [-0.4, -0.2) is 25.8 Å². The summed E-state index contributed by atoms with van der Waals surface area (Å²) in [4.78, 5) is 19.5. The first-order valence-electron chi connectivity index (χ1n) is 11.9. The fourth-order valence-corrected chi connectivity index (χ4v) is 5.33. The summed E-state index contributed by atoms with van der Waals surface area (Å²) < 4.78 is 4.87. The van der Waals surface area contributed by atoms with E-state index in [1.165, 1.54) is 24.7 Å². The Morgan fingerprint density at radius 1 is 0.882 bits per heavy atom. The maximum absolute atomic E-state index is 12.0. The number of aliphatic imine (C=N–C) groups is 1. The molecule has 0 aromatic heterocycles. The molecule has 0 amide bonds. The lowest BCUT2D eigenvalue weighted by molar-refractivity contribution is 0.0600. The Hall–Kier alpha value is -3.40. The number of esters is 1. The third kappa shape index (κ3) is 3.53. The van der Waals surface area contributed by atoms with E-state index in [1.54, 1.807) is 12.1 Å². The Morgan fingerprint density at radius 2 is 1.50 bits per heavy atom. The lowest BCUT2D eigenvalue weighted by Crippen LogP contribution is -2.34. The number of hydrogen-bond acceptors (Lipinski definition) is 4. The summed E-state index contributed by atoms with van der Waals surface area (Å²) in [6.45, 7) is 9.41. The van der Waals surface area contributed by atoms with Crippen LogP contribution in [0.1, 0.15) is 73.1 Å². The summed E-state index contributed by atoms with van der Waals surface area (Å²) in [5.74, 6) is -0.337. The molecule has 0 spiro atoms. The molecule has 1 aliphatic heterocycles. The van der Waals surface area contributed by atoms with Gasteiger partial charge in [-0.05, 0) is 65.1 Å². The van der Waals surface area contributed by atoms with Crippen LogP contribution < -0.4 is 4.90 Å². The third-order valence-corrected chi connectivity index (χ3v) is 7.64. The van der Waals surface area contributed by atoms with Crippen molar-refractivity contribution in [3.8, 4) is 0 Å². The van der Waals surface area contributed by atoms with Crippen LogP contribution >= 0.6 is 0 Å². The molecule has 3 aromatic carbocycles. The van der Waals surface area contributed by atoms with Crippen LogP contribution in [-0.2, 0) is 15.6 Å². The van der Waals surface area contributed by atoms with Crippen LogP contribution in [0.3, 0.4) is 0 Å². The molecule has 0 atom stereocenters. The molecule has 2 aliphatic rings. The fourth-order valence-electron chi connectivity index (χ4n) is 5.33. The first-order chi connectivity index (χ1) is 16.1. The molecule has 0 unspecified atom stereocenters. The van der Waals surface area contributed by atoms with Gasteiger partial charge in [-0.15, -0.1) is 0 Å². The molecular formula is C30H32N2O2. The number of fused-ring (bicyclic) bond motifs is 3. The highest BCUT2D eigenvalue weighted by atomic mass is 16.5. The fraction of sp³-hybridized carbons (Fsp3) is 0.333. The first-order valence-corrected chi connectivity index (χ1v) is 11.9. The molecule has 0 N–H and O–H groups in total. The van der Waals surface area contributed by atoms with Crippen molar-refractivity contribution in [1.29, 1.82) is 0 Å². The van der Waals surface area contributed by atoms with Crippen molar-refractivity contribution in [2.24, 2.45) is 4.99 Å². The monoisotopic (exact) mass is 452 g/mol. The first kappa shape index (κ1) is 22.4. The van der Waals surface area contributed by atoms with Crippen LogP contribution in [0.15, 0.2) is 65.7 Å². The number of para-hydroxylation sites is 1. The van der Waals surface area contributed by atoms with Gasteiger partial charge in [-0.3, -0.25) is 0 Å². The molecule has 0 bridgehead atoms. The normalized spacial score (nSPS) is 17.6. The highest BCUT2D eigenvalue weighted by Gasteiger charge is 2.38. The predicted octanol–water partition coefficient (Wildman–Crippen LogP) is 7.07. The second-order valence-corrected chi connectivity index (χ2v) is 10.8. The van der Waals surface area contributed by atoms with Crippen molar-refractivity contribution in [1.82, 2.24) is 0 Å². The number of carbonyl (C=O) groups is 1. The molecule has 3 aromatic rings. The maximum Gasteiger partial charge on any atom is 0.337 e. The minimum Gasteiger partial charge on any atom is -0.465 e. The van der Waals surface area contributed by atoms with Crippen LogP contribution in [0.2, 0.25) is 0 Å². The Bertz CT molecular complexity index is 1320. The summed E-state index contributed by atoms with van der Waals surface area (Å²) in [5, 5.41) is 0. The topological polar surface area (TPSA) is 41.9 Å². The Kier molecular flexibility index (Phi) is 5.16. The van der Waals surface area contributed by atoms with Crippen molar-refractivity contribution >= 4 is 28.7 Å². The van der Waals surface area contributed by atoms with Crippen LogP contribution in [0, 0.1) is 0 Å². The number of hydrogen-bond donors (Lipinski definition) is 0. The van der Waals surface area contributed by atoms with E-state index in [9.17, 15) is 4.79 Å². The minimum absolute atomic E-state index is 0.107. The molecular weight excluding hydrogens is 420 g/mol. The molecule has 0 radical (unpaired) electrons. The van der Waals surface area contributed by atoms with Gasteiger partial charge < -0.3 is 9.64 Å². The minimum atomic E-state index is -0.337. The lowest BCUT2D eigenvalue weighted by Gasteiger charge is -2.42. The van der Waals surface area contributed by atoms with Crippen molar-refractivity contribution in [3.63, 3.8) is 0 Å². The van der Waals surface area contributed by atoms with E-state index in [2.05, 4.69) is 76.0 Å². The molecule has 1 aliphatic carbocycles. The van der Waals surface area contributed by atoms with Gasteiger partial charge in [0.05, 0.1) is 35.4 Å². The van der Waals surface area contributed by atoms with E-state index in [0.717, 1.165) is 40.3 Å². The lowest BCUT2D eigenvalue weighted by atomic mass is 9.63.